The van der Waals surface area contributed by atoms with Crippen molar-refractivity contribution in [3.05, 3.63) is 41.6 Å². The first kappa shape index (κ1) is 15.6. The quantitative estimate of drug-likeness (QED) is 0.877. The van der Waals surface area contributed by atoms with Gasteiger partial charge in [0.1, 0.15) is 0 Å². The van der Waals surface area contributed by atoms with Crippen LogP contribution in [0.2, 0.25) is 0 Å². The van der Waals surface area contributed by atoms with Crippen LogP contribution in [0.4, 0.5) is 0 Å². The van der Waals surface area contributed by atoms with Crippen LogP contribution in [0.15, 0.2) is 46.5 Å². The predicted octanol–water partition coefficient (Wildman–Crippen LogP) is 1.39. The molecular weight excluding hydrogens is 300 g/mol. The van der Waals surface area contributed by atoms with Crippen LogP contribution in [0, 0.1) is 39.4 Å². The minimum atomic E-state index is -3.76. The van der Waals surface area contributed by atoms with Crippen molar-refractivity contribution in [1.82, 2.24) is 0 Å². The van der Waals surface area contributed by atoms with Crippen molar-refractivity contribution in [2.24, 2.45) is 11.1 Å². The van der Waals surface area contributed by atoms with Gasteiger partial charge in [0.15, 0.2) is 15.3 Å². The smallest absolute Gasteiger partial charge is 0.184 e. The number of hydrogen-bond acceptors (Lipinski definition) is 6. The molecule has 110 valence electrons. The van der Waals surface area contributed by atoms with E-state index in [0.717, 1.165) is 0 Å². The van der Waals surface area contributed by atoms with Crippen LogP contribution < -0.4 is 5.73 Å². The molecule has 6 nitrogen and oxygen atoms in total. The van der Waals surface area contributed by atoms with Gasteiger partial charge in [-0.1, -0.05) is 18.2 Å². The maximum Gasteiger partial charge on any atom is 0.184 e. The molecular formula is C15H12N4O2S. The van der Waals surface area contributed by atoms with Crippen LogP contribution in [0.1, 0.15) is 12.8 Å². The molecule has 1 aliphatic rings. The van der Waals surface area contributed by atoms with Crippen LogP contribution in [-0.4, -0.2) is 13.7 Å². The first-order valence-corrected chi connectivity index (χ1v) is 7.96. The van der Waals surface area contributed by atoms with Gasteiger partial charge in [0.2, 0.25) is 0 Å². The van der Waals surface area contributed by atoms with Crippen molar-refractivity contribution in [2.45, 2.75) is 23.0 Å². The molecule has 2 rings (SSSR count). The van der Waals surface area contributed by atoms with Gasteiger partial charge in [-0.3, -0.25) is 0 Å². The number of nitrogens with two attached hydrogens (primary N) is 1. The lowest BCUT2D eigenvalue weighted by atomic mass is 9.75. The molecule has 0 heterocycles. The topological polar surface area (TPSA) is 132 Å². The standard InChI is InChI=1S/C15H12N4O2S/c16-8-11-6-13(7-15(9-17,10-18)14(11)19)22(20,21)12-4-2-1-3-5-12/h1-5,13H,6-7,19H2. The van der Waals surface area contributed by atoms with E-state index < -0.39 is 20.5 Å². The Morgan fingerprint density at radius 2 is 1.73 bits per heavy atom. The van der Waals surface area contributed by atoms with E-state index >= 15 is 0 Å². The molecule has 1 aromatic carbocycles. The zero-order valence-electron chi connectivity index (χ0n) is 11.5. The van der Waals surface area contributed by atoms with E-state index in [-0.39, 0.29) is 29.0 Å². The second-order valence-corrected chi connectivity index (χ2v) is 7.25. The molecule has 0 bridgehead atoms. The molecule has 1 unspecified atom stereocenters. The van der Waals surface area contributed by atoms with E-state index in [1.165, 1.54) is 12.1 Å². The second-order valence-electron chi connectivity index (χ2n) is 5.02. The van der Waals surface area contributed by atoms with Crippen molar-refractivity contribution < 1.29 is 8.42 Å². The summed E-state index contributed by atoms with van der Waals surface area (Å²) in [6, 6.07) is 13.1. The minimum Gasteiger partial charge on any atom is -0.399 e. The van der Waals surface area contributed by atoms with Crippen molar-refractivity contribution in [2.75, 3.05) is 0 Å². The Labute approximate surface area is 128 Å². The Morgan fingerprint density at radius 3 is 2.23 bits per heavy atom. The summed E-state index contributed by atoms with van der Waals surface area (Å²) in [6.45, 7) is 0. The number of rotatable bonds is 2. The molecule has 0 spiro atoms. The van der Waals surface area contributed by atoms with Crippen LogP contribution in [0.3, 0.4) is 0 Å². The number of sulfone groups is 1. The van der Waals surface area contributed by atoms with Gasteiger partial charge in [-0.05, 0) is 12.1 Å². The Bertz CT molecular complexity index is 838. The van der Waals surface area contributed by atoms with E-state index in [0.29, 0.717) is 0 Å². The highest BCUT2D eigenvalue weighted by atomic mass is 32.2. The van der Waals surface area contributed by atoms with Crippen LogP contribution >= 0.6 is 0 Å². The molecule has 0 amide bonds. The summed E-state index contributed by atoms with van der Waals surface area (Å²) in [5, 5.41) is 26.7. The van der Waals surface area contributed by atoms with Gasteiger partial charge in [0.25, 0.3) is 0 Å². The number of nitrogens with zero attached hydrogens (tertiary/aromatic N) is 3. The fourth-order valence-electron chi connectivity index (χ4n) is 2.48. The zero-order chi connectivity index (χ0) is 16.4. The highest BCUT2D eigenvalue weighted by molar-refractivity contribution is 7.92. The summed E-state index contributed by atoms with van der Waals surface area (Å²) in [6.07, 6.45) is -0.334. The van der Waals surface area contributed by atoms with Gasteiger partial charge >= 0.3 is 0 Å². The molecule has 0 saturated carbocycles. The van der Waals surface area contributed by atoms with E-state index in [2.05, 4.69) is 0 Å². The van der Waals surface area contributed by atoms with Gasteiger partial charge < -0.3 is 5.73 Å². The highest BCUT2D eigenvalue weighted by Gasteiger charge is 2.46. The lowest BCUT2D eigenvalue weighted by molar-refractivity contribution is 0.476. The highest BCUT2D eigenvalue weighted by Crippen LogP contribution is 2.41. The molecule has 0 saturated heterocycles. The van der Waals surface area contributed by atoms with Crippen LogP contribution in [0.5, 0.6) is 0 Å². The van der Waals surface area contributed by atoms with Gasteiger partial charge in [-0.15, -0.1) is 0 Å². The molecule has 7 heteroatoms. The minimum absolute atomic E-state index is 0.0149. The van der Waals surface area contributed by atoms with Gasteiger partial charge in [0.05, 0.1) is 39.6 Å². The number of allylic oxidation sites excluding steroid dienone is 2. The first-order chi connectivity index (χ1) is 10.4. The summed E-state index contributed by atoms with van der Waals surface area (Å²) in [5.41, 5.74) is 3.82. The zero-order valence-corrected chi connectivity index (χ0v) is 12.3. The molecule has 1 aromatic rings. The maximum absolute atomic E-state index is 12.7. The Kier molecular flexibility index (Phi) is 3.91. The number of benzene rings is 1. The lowest BCUT2D eigenvalue weighted by Gasteiger charge is -2.31. The van der Waals surface area contributed by atoms with Crippen molar-refractivity contribution in [1.29, 1.82) is 15.8 Å². The maximum atomic E-state index is 12.7. The summed E-state index contributed by atoms with van der Waals surface area (Å²) in [7, 11) is -3.76. The third-order valence-electron chi connectivity index (χ3n) is 3.78. The molecule has 0 fully saturated rings. The number of nitriles is 3. The summed E-state index contributed by atoms with van der Waals surface area (Å²) >= 11 is 0. The van der Waals surface area contributed by atoms with Crippen molar-refractivity contribution in [3.8, 4) is 18.2 Å². The summed E-state index contributed by atoms with van der Waals surface area (Å²) < 4.78 is 25.4. The first-order valence-electron chi connectivity index (χ1n) is 6.42. The molecule has 0 aliphatic heterocycles. The Hall–Kier alpha value is -2.82. The third kappa shape index (κ3) is 2.30. The predicted molar refractivity (Wildman–Crippen MR) is 77.1 cm³/mol. The van der Waals surface area contributed by atoms with Gasteiger partial charge in [0, 0.05) is 12.8 Å². The fourth-order valence-corrected chi connectivity index (χ4v) is 4.26. The fraction of sp³-hybridized carbons (Fsp3) is 0.267. The molecule has 0 radical (unpaired) electrons. The second kappa shape index (κ2) is 5.52. The van der Waals surface area contributed by atoms with Gasteiger partial charge in [-0.2, -0.15) is 15.8 Å². The monoisotopic (exact) mass is 312 g/mol. The average molecular weight is 312 g/mol. The van der Waals surface area contributed by atoms with E-state index in [4.69, 9.17) is 11.0 Å². The number of hydrogen-bond donors (Lipinski definition) is 1. The molecule has 0 aromatic heterocycles. The van der Waals surface area contributed by atoms with E-state index in [1.807, 2.05) is 6.07 Å². The normalized spacial score (nSPS) is 20.5. The van der Waals surface area contributed by atoms with E-state index in [9.17, 15) is 18.9 Å². The van der Waals surface area contributed by atoms with Crippen molar-refractivity contribution >= 4 is 9.84 Å². The molecule has 1 atom stereocenters. The molecule has 2 N–H and O–H groups in total. The van der Waals surface area contributed by atoms with Crippen LogP contribution in [0.25, 0.3) is 0 Å². The van der Waals surface area contributed by atoms with E-state index in [1.54, 1.807) is 30.3 Å². The summed E-state index contributed by atoms with van der Waals surface area (Å²) in [4.78, 5) is 0.0996. The Balaban J connectivity index is 2.56. The largest absolute Gasteiger partial charge is 0.399 e. The lowest BCUT2D eigenvalue weighted by Crippen LogP contribution is -2.39. The van der Waals surface area contributed by atoms with Gasteiger partial charge in [-0.25, -0.2) is 8.42 Å². The summed E-state index contributed by atoms with van der Waals surface area (Å²) in [5.74, 6) is 0. The van der Waals surface area contributed by atoms with Crippen LogP contribution in [-0.2, 0) is 9.84 Å². The third-order valence-corrected chi connectivity index (χ3v) is 5.92. The van der Waals surface area contributed by atoms with Crippen molar-refractivity contribution in [3.63, 3.8) is 0 Å². The SMILES string of the molecule is N#CC1=C(N)C(C#N)(C#N)CC(S(=O)(=O)c2ccccc2)C1. The Morgan fingerprint density at radius 1 is 1.14 bits per heavy atom. The average Bonchev–Trinajstić information content (AvgIpc) is 2.56. The molecule has 22 heavy (non-hydrogen) atoms. The molecule has 1 aliphatic carbocycles.